The second-order valence-corrected chi connectivity index (χ2v) is 9.11. The number of anilines is 1. The molecule has 0 bridgehead atoms. The molecule has 0 radical (unpaired) electrons. The van der Waals surface area contributed by atoms with E-state index in [1.807, 2.05) is 18.2 Å². The summed E-state index contributed by atoms with van der Waals surface area (Å²) in [5, 5.41) is 3.70. The molecule has 0 spiro atoms. The van der Waals surface area contributed by atoms with Crippen molar-refractivity contribution in [3.8, 4) is 11.1 Å². The van der Waals surface area contributed by atoms with Gasteiger partial charge in [0.2, 0.25) is 5.91 Å². The molecule has 0 saturated heterocycles. The number of carbonyl (C=O) groups is 2. The largest absolute Gasteiger partial charge is 0.351 e. The molecule has 1 heterocycles. The van der Waals surface area contributed by atoms with Gasteiger partial charge in [0.1, 0.15) is 11.9 Å². The first kappa shape index (κ1) is 21.7. The number of para-hydroxylation sites is 1. The molecule has 1 atom stereocenters. The van der Waals surface area contributed by atoms with Crippen LogP contribution < -0.4 is 10.2 Å². The second-order valence-electron chi connectivity index (χ2n) is 8.68. The molecule has 2 aliphatic rings. The molecule has 3 aromatic rings. The van der Waals surface area contributed by atoms with Crippen molar-refractivity contribution in [3.05, 3.63) is 88.7 Å². The zero-order chi connectivity index (χ0) is 22.9. The fourth-order valence-corrected chi connectivity index (χ4v) is 5.06. The molecule has 0 aromatic heterocycles. The lowest BCUT2D eigenvalue weighted by Gasteiger charge is -2.38. The third kappa shape index (κ3) is 4.13. The van der Waals surface area contributed by atoms with Gasteiger partial charge in [-0.3, -0.25) is 14.5 Å². The van der Waals surface area contributed by atoms with Crippen molar-refractivity contribution < 1.29 is 14.0 Å². The van der Waals surface area contributed by atoms with E-state index >= 15 is 0 Å². The molecule has 1 saturated carbocycles. The smallest absolute Gasteiger partial charge is 0.259 e. The first-order valence-corrected chi connectivity index (χ1v) is 11.7. The van der Waals surface area contributed by atoms with Crippen LogP contribution in [0.3, 0.4) is 0 Å². The van der Waals surface area contributed by atoms with Gasteiger partial charge in [-0.2, -0.15) is 0 Å². The Labute approximate surface area is 197 Å². The fourth-order valence-electron chi connectivity index (χ4n) is 4.93. The topological polar surface area (TPSA) is 49.4 Å². The molecule has 1 aliphatic carbocycles. The highest BCUT2D eigenvalue weighted by Gasteiger charge is 2.40. The van der Waals surface area contributed by atoms with Crippen LogP contribution in [0.5, 0.6) is 0 Å². The number of nitrogens with one attached hydrogen (secondary N) is 1. The van der Waals surface area contributed by atoms with Crippen LogP contribution in [-0.2, 0) is 4.79 Å². The first-order chi connectivity index (χ1) is 16.0. The van der Waals surface area contributed by atoms with Gasteiger partial charge in [-0.15, -0.1) is 0 Å². The molecule has 168 valence electrons. The van der Waals surface area contributed by atoms with Crippen molar-refractivity contribution in [1.82, 2.24) is 5.32 Å². The maximum atomic E-state index is 14.3. The number of nitrogens with zero attached hydrogens (tertiary/aromatic N) is 1. The predicted octanol–water partition coefficient (Wildman–Crippen LogP) is 6.30. The van der Waals surface area contributed by atoms with Gasteiger partial charge in [0.05, 0.1) is 5.69 Å². The zero-order valence-corrected chi connectivity index (χ0v) is 18.8. The van der Waals surface area contributed by atoms with Gasteiger partial charge in [-0.1, -0.05) is 55.1 Å². The van der Waals surface area contributed by atoms with Crippen molar-refractivity contribution in [2.45, 2.75) is 44.2 Å². The lowest BCUT2D eigenvalue weighted by Crippen LogP contribution is -2.48. The summed E-state index contributed by atoms with van der Waals surface area (Å²) in [6, 6.07) is 17.5. The minimum absolute atomic E-state index is 0.0832. The lowest BCUT2D eigenvalue weighted by atomic mass is 9.86. The van der Waals surface area contributed by atoms with Gasteiger partial charge >= 0.3 is 0 Å². The SMILES string of the molecule is O=C(NC1CCCCC1)C1c2ccc(F)cc2-c2ccccc2N1C(=O)c1ccc(Cl)cc1. The highest BCUT2D eigenvalue weighted by atomic mass is 35.5. The summed E-state index contributed by atoms with van der Waals surface area (Å²) >= 11 is 6.03. The van der Waals surface area contributed by atoms with Crippen LogP contribution in [0.1, 0.15) is 54.1 Å². The van der Waals surface area contributed by atoms with Crippen LogP contribution in [0, 0.1) is 5.82 Å². The van der Waals surface area contributed by atoms with Crippen molar-refractivity contribution in [2.24, 2.45) is 0 Å². The molecular formula is C27H24ClFN2O2. The summed E-state index contributed by atoms with van der Waals surface area (Å²) in [5.41, 5.74) is 2.98. The minimum Gasteiger partial charge on any atom is -0.351 e. The Kier molecular flexibility index (Phi) is 5.90. The molecule has 5 rings (SSSR count). The van der Waals surface area contributed by atoms with Gasteiger partial charge in [-0.05, 0) is 66.4 Å². The van der Waals surface area contributed by atoms with E-state index in [1.165, 1.54) is 23.5 Å². The van der Waals surface area contributed by atoms with Crippen LogP contribution in [0.4, 0.5) is 10.1 Å². The van der Waals surface area contributed by atoms with Crippen LogP contribution in [0.15, 0.2) is 66.7 Å². The summed E-state index contributed by atoms with van der Waals surface area (Å²) in [7, 11) is 0. The van der Waals surface area contributed by atoms with Crippen molar-refractivity contribution >= 4 is 29.1 Å². The average Bonchev–Trinajstić information content (AvgIpc) is 2.84. The molecule has 6 heteroatoms. The van der Waals surface area contributed by atoms with E-state index in [0.717, 1.165) is 31.2 Å². The monoisotopic (exact) mass is 462 g/mol. The molecule has 3 aromatic carbocycles. The maximum absolute atomic E-state index is 14.3. The minimum atomic E-state index is -0.902. The lowest BCUT2D eigenvalue weighted by molar-refractivity contribution is -0.123. The van der Waals surface area contributed by atoms with Crippen LogP contribution in [-0.4, -0.2) is 17.9 Å². The summed E-state index contributed by atoms with van der Waals surface area (Å²) in [6.07, 6.45) is 5.18. The molecule has 33 heavy (non-hydrogen) atoms. The Bertz CT molecular complexity index is 1200. The number of fused-ring (bicyclic) bond motifs is 3. The number of hydrogen-bond donors (Lipinski definition) is 1. The number of rotatable bonds is 3. The van der Waals surface area contributed by atoms with E-state index in [0.29, 0.717) is 27.4 Å². The van der Waals surface area contributed by atoms with E-state index in [9.17, 15) is 14.0 Å². The fraction of sp³-hybridized carbons (Fsp3) is 0.259. The maximum Gasteiger partial charge on any atom is 0.259 e. The molecule has 1 fully saturated rings. The normalized spacial score (nSPS) is 17.8. The molecule has 1 aliphatic heterocycles. The number of benzene rings is 3. The van der Waals surface area contributed by atoms with E-state index in [2.05, 4.69) is 5.32 Å². The summed E-state index contributed by atoms with van der Waals surface area (Å²) in [6.45, 7) is 0. The van der Waals surface area contributed by atoms with E-state index in [4.69, 9.17) is 11.6 Å². The second kappa shape index (κ2) is 8.99. The Hall–Kier alpha value is -3.18. The zero-order valence-electron chi connectivity index (χ0n) is 18.1. The van der Waals surface area contributed by atoms with E-state index in [-0.39, 0.29) is 23.7 Å². The molecule has 4 nitrogen and oxygen atoms in total. The van der Waals surface area contributed by atoms with Gasteiger partial charge < -0.3 is 5.32 Å². The number of amides is 2. The van der Waals surface area contributed by atoms with Gasteiger partial charge in [0.15, 0.2) is 0 Å². The molecule has 2 amide bonds. The van der Waals surface area contributed by atoms with Crippen LogP contribution in [0.25, 0.3) is 11.1 Å². The quantitative estimate of drug-likeness (QED) is 0.496. The van der Waals surface area contributed by atoms with Crippen LogP contribution >= 0.6 is 11.6 Å². The summed E-state index contributed by atoms with van der Waals surface area (Å²) < 4.78 is 14.3. The average molecular weight is 463 g/mol. The van der Waals surface area contributed by atoms with Gasteiger partial charge in [0.25, 0.3) is 5.91 Å². The first-order valence-electron chi connectivity index (χ1n) is 11.3. The van der Waals surface area contributed by atoms with E-state index < -0.39 is 6.04 Å². The van der Waals surface area contributed by atoms with Crippen molar-refractivity contribution in [3.63, 3.8) is 0 Å². The predicted molar refractivity (Wildman–Crippen MR) is 128 cm³/mol. The van der Waals surface area contributed by atoms with Crippen LogP contribution in [0.2, 0.25) is 5.02 Å². The number of hydrogen-bond acceptors (Lipinski definition) is 2. The summed E-state index contributed by atoms with van der Waals surface area (Å²) in [5.74, 6) is -0.933. The van der Waals surface area contributed by atoms with E-state index in [1.54, 1.807) is 36.4 Å². The molecule has 1 N–H and O–H groups in total. The highest BCUT2D eigenvalue weighted by Crippen LogP contribution is 2.45. The van der Waals surface area contributed by atoms with Gasteiger partial charge in [-0.25, -0.2) is 4.39 Å². The number of carbonyl (C=O) groups excluding carboxylic acids is 2. The Balaban J connectivity index is 1.63. The number of halogens is 2. The Morgan fingerprint density at radius 3 is 2.39 bits per heavy atom. The third-order valence-electron chi connectivity index (χ3n) is 6.53. The third-order valence-corrected chi connectivity index (χ3v) is 6.78. The van der Waals surface area contributed by atoms with Crippen molar-refractivity contribution in [1.29, 1.82) is 0 Å². The highest BCUT2D eigenvalue weighted by molar-refractivity contribution is 6.30. The Morgan fingerprint density at radius 2 is 1.64 bits per heavy atom. The molecular weight excluding hydrogens is 439 g/mol. The van der Waals surface area contributed by atoms with Crippen molar-refractivity contribution in [2.75, 3.05) is 4.90 Å². The van der Waals surface area contributed by atoms with Gasteiger partial charge in [0, 0.05) is 22.2 Å². The molecule has 1 unspecified atom stereocenters. The summed E-state index contributed by atoms with van der Waals surface area (Å²) in [4.78, 5) is 29.0. The standard InChI is InChI=1S/C27H24ClFN2O2/c28-18-12-10-17(11-13-18)27(33)31-24-9-5-4-8-21(24)23-16-19(29)14-15-22(23)25(31)26(32)30-20-6-2-1-3-7-20/h4-5,8-16,20,25H,1-3,6-7H2,(H,30,32). The Morgan fingerprint density at radius 1 is 0.909 bits per heavy atom.